The van der Waals surface area contributed by atoms with Crippen LogP contribution >= 0.6 is 11.6 Å². The van der Waals surface area contributed by atoms with Gasteiger partial charge in [-0.15, -0.1) is 23.4 Å². The zero-order valence-corrected chi connectivity index (χ0v) is 25.6. The summed E-state index contributed by atoms with van der Waals surface area (Å²) in [6.07, 6.45) is -8.72. The van der Waals surface area contributed by atoms with Gasteiger partial charge < -0.3 is 10.1 Å². The average molecular weight is 704 g/mol. The summed E-state index contributed by atoms with van der Waals surface area (Å²) in [5.74, 6) is -3.17. The Morgan fingerprint density at radius 2 is 1.78 bits per heavy atom. The van der Waals surface area contributed by atoms with Crippen molar-refractivity contribution in [3.8, 4) is 17.6 Å². The lowest BCUT2D eigenvalue weighted by atomic mass is 9.93. The number of benzene rings is 2. The molecule has 1 amide bonds. The molecule has 0 aliphatic rings. The predicted molar refractivity (Wildman–Crippen MR) is 157 cm³/mol. The van der Waals surface area contributed by atoms with Gasteiger partial charge in [-0.25, -0.2) is 9.67 Å². The highest BCUT2D eigenvalue weighted by Gasteiger charge is 2.37. The number of amides is 1. The fourth-order valence-electron chi connectivity index (χ4n) is 4.63. The number of ketones is 1. The number of nitrogens with zero attached hydrogens (tertiary/aromatic N) is 8. The van der Waals surface area contributed by atoms with E-state index in [1.54, 1.807) is 6.92 Å². The summed E-state index contributed by atoms with van der Waals surface area (Å²) < 4.78 is 81.4. The number of aromatic nitrogens is 7. The maximum Gasteiger partial charge on any atom is 0.573 e. The van der Waals surface area contributed by atoms with E-state index in [0.717, 1.165) is 16.8 Å². The van der Waals surface area contributed by atoms with E-state index in [-0.39, 0.29) is 45.5 Å². The number of Topliss-reactive ketones (excluding diaryl/α,β-unsaturated/α-hetero) is 1. The molecule has 1 N–H and O–H groups in total. The van der Waals surface area contributed by atoms with E-state index < -0.39 is 48.8 Å². The van der Waals surface area contributed by atoms with Crippen LogP contribution in [-0.2, 0) is 25.7 Å². The van der Waals surface area contributed by atoms with Crippen LogP contribution in [0, 0.1) is 18.3 Å². The van der Waals surface area contributed by atoms with Gasteiger partial charge in [0.15, 0.2) is 11.6 Å². The molecular formula is C30H20ClF6N9O3. The van der Waals surface area contributed by atoms with Crippen molar-refractivity contribution in [2.75, 3.05) is 0 Å². The van der Waals surface area contributed by atoms with Crippen LogP contribution < -0.4 is 10.1 Å². The number of carbonyl (C=O) groups is 2. The highest BCUT2D eigenvalue weighted by molar-refractivity contribution is 6.32. The van der Waals surface area contributed by atoms with Crippen LogP contribution in [0.1, 0.15) is 54.6 Å². The van der Waals surface area contributed by atoms with E-state index in [4.69, 9.17) is 11.6 Å². The number of alkyl halides is 6. The van der Waals surface area contributed by atoms with Crippen LogP contribution in [0.3, 0.4) is 0 Å². The maximum absolute atomic E-state index is 13.9. The molecule has 0 atom stereocenters. The Hall–Kier alpha value is -5.83. The van der Waals surface area contributed by atoms with E-state index in [2.05, 4.69) is 35.5 Å². The summed E-state index contributed by atoms with van der Waals surface area (Å²) in [6.45, 7) is 1.06. The highest BCUT2D eigenvalue weighted by Crippen LogP contribution is 2.27. The van der Waals surface area contributed by atoms with Gasteiger partial charge in [0.05, 0.1) is 22.3 Å². The Balaban J connectivity index is 1.43. The number of ether oxygens (including phenoxy) is 1. The van der Waals surface area contributed by atoms with Crippen molar-refractivity contribution >= 4 is 23.3 Å². The third kappa shape index (κ3) is 8.37. The van der Waals surface area contributed by atoms with Crippen LogP contribution in [0.2, 0.25) is 5.02 Å². The summed E-state index contributed by atoms with van der Waals surface area (Å²) in [7, 11) is 0. The van der Waals surface area contributed by atoms with E-state index in [0.29, 0.717) is 15.9 Å². The van der Waals surface area contributed by atoms with Gasteiger partial charge in [0.2, 0.25) is 0 Å². The quantitative estimate of drug-likeness (QED) is 0.149. The van der Waals surface area contributed by atoms with Crippen LogP contribution in [0.15, 0.2) is 60.8 Å². The molecule has 5 rings (SSSR count). The molecule has 0 aliphatic heterocycles. The summed E-state index contributed by atoms with van der Waals surface area (Å²) in [4.78, 5) is 32.1. The molecule has 0 saturated carbocycles. The number of pyridine rings is 1. The summed E-state index contributed by atoms with van der Waals surface area (Å²) >= 11 is 6.33. The third-order valence-electron chi connectivity index (χ3n) is 6.79. The second-order valence-electron chi connectivity index (χ2n) is 10.3. The molecule has 0 saturated heterocycles. The fraction of sp³-hybridized carbons (Fsp3) is 0.200. The smallest absolute Gasteiger partial charge is 0.406 e. The monoisotopic (exact) mass is 703 g/mol. The first kappa shape index (κ1) is 34.5. The number of rotatable bonds is 10. The van der Waals surface area contributed by atoms with Crippen LogP contribution in [0.4, 0.5) is 26.3 Å². The van der Waals surface area contributed by atoms with Crippen molar-refractivity contribution in [3.05, 3.63) is 111 Å². The molecule has 3 heterocycles. The largest absolute Gasteiger partial charge is 0.573 e. The lowest BCUT2D eigenvalue weighted by Crippen LogP contribution is -2.25. The molecule has 12 nitrogen and oxygen atoms in total. The SMILES string of the molecule is Cc1cc(C#N)cc(C(=O)NCc2ccc(OC(F)(F)F)cc2)c1CC(=O)c1cc(Cn2nnc(C(F)(F)F)n2)nn1-c1ncccc1Cl. The van der Waals surface area contributed by atoms with E-state index in [9.17, 15) is 41.2 Å². The zero-order valence-electron chi connectivity index (χ0n) is 24.8. The number of tetrazole rings is 1. The Labute approximate surface area is 276 Å². The van der Waals surface area contributed by atoms with Gasteiger partial charge in [0.25, 0.3) is 11.7 Å². The minimum absolute atomic E-state index is 0.0180. The Morgan fingerprint density at radius 1 is 1.04 bits per heavy atom. The molecule has 0 aliphatic carbocycles. The summed E-state index contributed by atoms with van der Waals surface area (Å²) in [5.41, 5.74) is 1.15. The first-order valence-corrected chi connectivity index (χ1v) is 14.2. The van der Waals surface area contributed by atoms with Crippen molar-refractivity contribution in [1.82, 2.24) is 40.3 Å². The third-order valence-corrected chi connectivity index (χ3v) is 7.08. The lowest BCUT2D eigenvalue weighted by Gasteiger charge is -2.14. The zero-order chi connectivity index (χ0) is 35.5. The second kappa shape index (κ2) is 13.7. The van der Waals surface area contributed by atoms with Gasteiger partial charge in [0.1, 0.15) is 18.0 Å². The maximum atomic E-state index is 13.9. The van der Waals surface area contributed by atoms with Crippen molar-refractivity contribution in [3.63, 3.8) is 0 Å². The lowest BCUT2D eigenvalue weighted by molar-refractivity contribution is -0.274. The molecule has 19 heteroatoms. The van der Waals surface area contributed by atoms with Gasteiger partial charge in [-0.2, -0.15) is 28.3 Å². The van der Waals surface area contributed by atoms with E-state index in [1.807, 2.05) is 6.07 Å². The van der Waals surface area contributed by atoms with Gasteiger partial charge in [-0.05, 0) is 71.3 Å². The minimum Gasteiger partial charge on any atom is -0.406 e. The van der Waals surface area contributed by atoms with Crippen molar-refractivity contribution in [2.24, 2.45) is 0 Å². The number of hydrogen-bond acceptors (Lipinski definition) is 9. The molecule has 0 spiro atoms. The number of hydrogen-bond donors (Lipinski definition) is 1. The molecule has 3 aromatic heterocycles. The van der Waals surface area contributed by atoms with Crippen LogP contribution in [0.5, 0.6) is 5.75 Å². The van der Waals surface area contributed by atoms with Crippen LogP contribution in [-0.4, -0.2) is 53.0 Å². The first-order valence-electron chi connectivity index (χ1n) is 13.9. The Morgan fingerprint density at radius 3 is 2.41 bits per heavy atom. The summed E-state index contributed by atoms with van der Waals surface area (Å²) in [6, 6.07) is 13.8. The van der Waals surface area contributed by atoms with E-state index in [1.165, 1.54) is 48.7 Å². The van der Waals surface area contributed by atoms with Gasteiger partial charge in [0, 0.05) is 24.7 Å². The molecule has 2 aromatic carbocycles. The first-order chi connectivity index (χ1) is 23.1. The van der Waals surface area contributed by atoms with Gasteiger partial charge in [-0.1, -0.05) is 23.7 Å². The molecule has 0 bridgehead atoms. The van der Waals surface area contributed by atoms with E-state index >= 15 is 0 Å². The highest BCUT2D eigenvalue weighted by atomic mass is 35.5. The topological polar surface area (TPSA) is 154 Å². The van der Waals surface area contributed by atoms with Crippen molar-refractivity contribution < 1.29 is 40.7 Å². The van der Waals surface area contributed by atoms with Gasteiger partial charge >= 0.3 is 12.5 Å². The fourth-order valence-corrected chi connectivity index (χ4v) is 4.83. The van der Waals surface area contributed by atoms with Crippen molar-refractivity contribution in [2.45, 2.75) is 39.0 Å². The Bertz CT molecular complexity index is 2070. The number of nitrogens with one attached hydrogen (secondary N) is 1. The van der Waals surface area contributed by atoms with Crippen molar-refractivity contribution in [1.29, 1.82) is 5.26 Å². The van der Waals surface area contributed by atoms with Gasteiger partial charge in [-0.3, -0.25) is 9.59 Å². The Kier molecular flexibility index (Phi) is 9.66. The average Bonchev–Trinajstić information content (AvgIpc) is 3.69. The predicted octanol–water partition coefficient (Wildman–Crippen LogP) is 5.41. The molecule has 0 unspecified atom stereocenters. The molecular weight excluding hydrogens is 684 g/mol. The molecule has 49 heavy (non-hydrogen) atoms. The number of carbonyl (C=O) groups excluding carboxylic acids is 2. The molecule has 0 radical (unpaired) electrons. The normalized spacial score (nSPS) is 11.7. The van der Waals surface area contributed by atoms with Crippen LogP contribution in [0.25, 0.3) is 5.82 Å². The number of nitriles is 1. The number of halogens is 7. The molecule has 5 aromatic rings. The summed E-state index contributed by atoms with van der Waals surface area (Å²) in [5, 5.41) is 26.3. The minimum atomic E-state index is -4.87. The molecule has 252 valence electrons. The standard InChI is InChI=1S/C30H20ClF6N9O3/c1-16-9-18(13-38)10-22(27(48)40-14-17-4-6-20(7-5-17)49-30(35,36)37)21(16)12-25(47)24-11-19(15-45-43-28(41-44-45)29(32,33)34)42-46(24)26-23(31)3-2-8-39-26/h2-11H,12,14-15H2,1H3,(H,40,48). The molecule has 0 fully saturated rings. The number of aryl methyl sites for hydroxylation is 1. The second-order valence-corrected chi connectivity index (χ2v) is 10.7.